The second-order valence-electron chi connectivity index (χ2n) is 4.85. The van der Waals surface area contributed by atoms with Gasteiger partial charge in [-0.05, 0) is 24.3 Å². The largest absolute Gasteiger partial charge is 0.369 e. The van der Waals surface area contributed by atoms with E-state index in [1.54, 1.807) is 0 Å². The highest BCUT2D eigenvalue weighted by atomic mass is 15.5. The molecular formula is C14H25N5. The molecule has 106 valence electrons. The van der Waals surface area contributed by atoms with Gasteiger partial charge in [-0.2, -0.15) is 0 Å². The minimum absolute atomic E-state index is 0.930. The van der Waals surface area contributed by atoms with Gasteiger partial charge in [-0.25, -0.2) is 10.0 Å². The van der Waals surface area contributed by atoms with Crippen molar-refractivity contribution in [1.29, 1.82) is 0 Å². The molecule has 0 bridgehead atoms. The van der Waals surface area contributed by atoms with Crippen molar-refractivity contribution in [1.82, 2.24) is 10.0 Å². The third-order valence-corrected chi connectivity index (χ3v) is 3.60. The first-order valence-electron chi connectivity index (χ1n) is 7.09. The fourth-order valence-electron chi connectivity index (χ4n) is 2.29. The molecule has 19 heavy (non-hydrogen) atoms. The highest BCUT2D eigenvalue weighted by Gasteiger charge is 2.14. The van der Waals surface area contributed by atoms with Crippen molar-refractivity contribution in [2.75, 3.05) is 49.6 Å². The van der Waals surface area contributed by atoms with Crippen molar-refractivity contribution in [2.24, 2.45) is 5.84 Å². The Labute approximate surface area is 115 Å². The minimum atomic E-state index is 0.930. The predicted octanol–water partition coefficient (Wildman–Crippen LogP) is 1.35. The molecule has 5 heteroatoms. The summed E-state index contributed by atoms with van der Waals surface area (Å²) in [5, 5.41) is 4.06. The normalized spacial score (nSPS) is 16.9. The number of nitrogens with one attached hydrogen (secondary N) is 1. The number of nitrogens with zero attached hydrogens (tertiary/aromatic N) is 3. The zero-order chi connectivity index (χ0) is 13.7. The standard InChI is InChI=1S/C14H25N5/c1-3-19(4-2)16-13-5-7-14(8-6-13)17-9-11-18(15)12-10-17/h5-8,16H,3-4,9-12,15H2,1-2H3. The topological polar surface area (TPSA) is 47.8 Å². The number of hydrogen-bond acceptors (Lipinski definition) is 5. The lowest BCUT2D eigenvalue weighted by molar-refractivity contribution is 0.266. The molecule has 0 amide bonds. The van der Waals surface area contributed by atoms with Crippen LogP contribution in [0.5, 0.6) is 0 Å². The SMILES string of the molecule is CCN(CC)Nc1ccc(N2CCN(N)CC2)cc1. The summed E-state index contributed by atoms with van der Waals surface area (Å²) in [6.45, 7) is 10.2. The van der Waals surface area contributed by atoms with Gasteiger partial charge in [0.25, 0.3) is 0 Å². The number of hydrogen-bond donors (Lipinski definition) is 2. The van der Waals surface area contributed by atoms with E-state index in [2.05, 4.69) is 53.4 Å². The zero-order valence-corrected chi connectivity index (χ0v) is 12.0. The Balaban J connectivity index is 1.94. The van der Waals surface area contributed by atoms with Gasteiger partial charge in [-0.15, -0.1) is 0 Å². The second kappa shape index (κ2) is 6.75. The molecule has 5 nitrogen and oxygen atoms in total. The van der Waals surface area contributed by atoms with E-state index in [0.29, 0.717) is 0 Å². The van der Waals surface area contributed by atoms with Crippen molar-refractivity contribution < 1.29 is 0 Å². The van der Waals surface area contributed by atoms with Crippen LogP contribution in [-0.4, -0.2) is 49.3 Å². The molecule has 0 aromatic heterocycles. The quantitative estimate of drug-likeness (QED) is 0.620. The summed E-state index contributed by atoms with van der Waals surface area (Å²) in [5.41, 5.74) is 5.82. The number of nitrogens with two attached hydrogens (primary N) is 1. The highest BCUT2D eigenvalue weighted by molar-refractivity contribution is 5.55. The van der Waals surface area contributed by atoms with Gasteiger partial charge >= 0.3 is 0 Å². The van der Waals surface area contributed by atoms with E-state index >= 15 is 0 Å². The molecule has 1 aromatic rings. The summed E-state index contributed by atoms with van der Waals surface area (Å²) in [7, 11) is 0. The van der Waals surface area contributed by atoms with Crippen LogP contribution in [0.25, 0.3) is 0 Å². The molecule has 0 aliphatic carbocycles. The molecule has 3 N–H and O–H groups in total. The monoisotopic (exact) mass is 263 g/mol. The van der Waals surface area contributed by atoms with Crippen LogP contribution in [0.3, 0.4) is 0 Å². The van der Waals surface area contributed by atoms with E-state index in [-0.39, 0.29) is 0 Å². The number of piperazine rings is 1. The molecule has 0 spiro atoms. The molecule has 0 atom stereocenters. The van der Waals surface area contributed by atoms with Gasteiger partial charge in [0, 0.05) is 50.6 Å². The number of benzene rings is 1. The lowest BCUT2D eigenvalue weighted by Crippen LogP contribution is -2.49. The van der Waals surface area contributed by atoms with Crippen molar-refractivity contribution in [3.8, 4) is 0 Å². The molecule has 1 aliphatic rings. The van der Waals surface area contributed by atoms with Gasteiger partial charge < -0.3 is 10.3 Å². The molecule has 1 heterocycles. The fourth-order valence-corrected chi connectivity index (χ4v) is 2.29. The molecular weight excluding hydrogens is 238 g/mol. The third kappa shape index (κ3) is 3.83. The van der Waals surface area contributed by atoms with Crippen molar-refractivity contribution in [2.45, 2.75) is 13.8 Å². The van der Waals surface area contributed by atoms with E-state index in [9.17, 15) is 0 Å². The Morgan fingerprint density at radius 1 is 1.05 bits per heavy atom. The van der Waals surface area contributed by atoms with E-state index in [1.165, 1.54) is 5.69 Å². The zero-order valence-electron chi connectivity index (χ0n) is 12.0. The lowest BCUT2D eigenvalue weighted by Gasteiger charge is -2.33. The Morgan fingerprint density at radius 3 is 2.16 bits per heavy atom. The van der Waals surface area contributed by atoms with Crippen LogP contribution in [0.1, 0.15) is 13.8 Å². The Morgan fingerprint density at radius 2 is 1.63 bits per heavy atom. The van der Waals surface area contributed by atoms with Crippen molar-refractivity contribution in [3.05, 3.63) is 24.3 Å². The summed E-state index contributed by atoms with van der Waals surface area (Å²) < 4.78 is 0. The van der Waals surface area contributed by atoms with Gasteiger partial charge in [-0.3, -0.25) is 5.84 Å². The summed E-state index contributed by atoms with van der Waals surface area (Å²) in [6.07, 6.45) is 0. The average Bonchev–Trinajstić information content (AvgIpc) is 2.46. The highest BCUT2D eigenvalue weighted by Crippen LogP contribution is 2.19. The van der Waals surface area contributed by atoms with Crippen molar-refractivity contribution >= 4 is 11.4 Å². The van der Waals surface area contributed by atoms with E-state index in [1.807, 2.05) is 5.01 Å². The van der Waals surface area contributed by atoms with Crippen LogP contribution in [0.2, 0.25) is 0 Å². The molecule has 1 fully saturated rings. The lowest BCUT2D eigenvalue weighted by atomic mass is 10.2. The molecule has 1 aromatic carbocycles. The molecule has 0 radical (unpaired) electrons. The molecule has 0 saturated carbocycles. The maximum Gasteiger partial charge on any atom is 0.0491 e. The van der Waals surface area contributed by atoms with Crippen LogP contribution in [0.15, 0.2) is 24.3 Å². The number of anilines is 2. The van der Waals surface area contributed by atoms with Crippen LogP contribution < -0.4 is 16.2 Å². The minimum Gasteiger partial charge on any atom is -0.369 e. The van der Waals surface area contributed by atoms with Gasteiger partial charge in [0.2, 0.25) is 0 Å². The molecule has 1 saturated heterocycles. The predicted molar refractivity (Wildman–Crippen MR) is 81.0 cm³/mol. The van der Waals surface area contributed by atoms with Gasteiger partial charge in [-0.1, -0.05) is 13.8 Å². The second-order valence-corrected chi connectivity index (χ2v) is 4.85. The van der Waals surface area contributed by atoms with Crippen LogP contribution in [-0.2, 0) is 0 Å². The van der Waals surface area contributed by atoms with E-state index in [0.717, 1.165) is 45.0 Å². The maximum absolute atomic E-state index is 5.78. The molecule has 1 aliphatic heterocycles. The summed E-state index contributed by atoms with van der Waals surface area (Å²) >= 11 is 0. The Kier molecular flexibility index (Phi) is 5.01. The van der Waals surface area contributed by atoms with Gasteiger partial charge in [0.05, 0.1) is 0 Å². The van der Waals surface area contributed by atoms with Gasteiger partial charge in [0.15, 0.2) is 0 Å². The van der Waals surface area contributed by atoms with Crippen molar-refractivity contribution in [3.63, 3.8) is 0 Å². The van der Waals surface area contributed by atoms with Crippen LogP contribution in [0.4, 0.5) is 11.4 Å². The maximum atomic E-state index is 5.78. The summed E-state index contributed by atoms with van der Waals surface area (Å²) in [4.78, 5) is 2.38. The first kappa shape index (κ1) is 14.1. The number of rotatable bonds is 5. The van der Waals surface area contributed by atoms with E-state index < -0.39 is 0 Å². The van der Waals surface area contributed by atoms with Crippen LogP contribution in [0, 0.1) is 0 Å². The molecule has 2 rings (SSSR count). The number of hydrazine groups is 2. The Bertz CT molecular complexity index is 366. The van der Waals surface area contributed by atoms with Crippen LogP contribution >= 0.6 is 0 Å². The Hall–Kier alpha value is -1.30. The first-order chi connectivity index (χ1) is 9.22. The summed E-state index contributed by atoms with van der Waals surface area (Å²) in [6, 6.07) is 8.64. The fraction of sp³-hybridized carbons (Fsp3) is 0.571. The molecule has 0 unspecified atom stereocenters. The summed E-state index contributed by atoms with van der Waals surface area (Å²) in [5.74, 6) is 5.78. The van der Waals surface area contributed by atoms with Gasteiger partial charge in [0.1, 0.15) is 0 Å². The van der Waals surface area contributed by atoms with E-state index in [4.69, 9.17) is 5.84 Å². The average molecular weight is 263 g/mol. The first-order valence-corrected chi connectivity index (χ1v) is 7.09. The smallest absolute Gasteiger partial charge is 0.0491 e. The third-order valence-electron chi connectivity index (χ3n) is 3.60.